The summed E-state index contributed by atoms with van der Waals surface area (Å²) in [5.41, 5.74) is 3.92. The molecule has 1 aromatic heterocycles. The van der Waals surface area contributed by atoms with Crippen molar-refractivity contribution in [3.05, 3.63) is 41.2 Å². The van der Waals surface area contributed by atoms with Crippen LogP contribution in [0.3, 0.4) is 0 Å². The number of ether oxygens (including phenoxy) is 2. The van der Waals surface area contributed by atoms with E-state index in [1.165, 1.54) is 0 Å². The molecule has 0 amide bonds. The van der Waals surface area contributed by atoms with E-state index in [2.05, 4.69) is 16.0 Å². The molecule has 0 unspecified atom stereocenters. The van der Waals surface area contributed by atoms with Crippen molar-refractivity contribution in [1.82, 2.24) is 9.97 Å². The quantitative estimate of drug-likeness (QED) is 0.599. The molecule has 1 aliphatic heterocycles. The lowest BCUT2D eigenvalue weighted by Gasteiger charge is -2.37. The summed E-state index contributed by atoms with van der Waals surface area (Å²) in [5.74, 6) is 2.24. The van der Waals surface area contributed by atoms with Gasteiger partial charge in [-0.15, -0.1) is 34.0 Å². The molecule has 1 N–H and O–H groups in total. The van der Waals surface area contributed by atoms with Gasteiger partial charge in [-0.05, 0) is 43.9 Å². The van der Waals surface area contributed by atoms with Crippen LogP contribution in [0.25, 0.3) is 0 Å². The standard InChI is InChI=1S/C22H28N4O3.2BrH/c1-5-29-20-9-15-16-8-14(27)6-7-18(16)25-21(17(15)10-19(20)28-4)13-11-23-22(24-12-13)26(2)3;;/h9-12,14,16,18,27H,5-8H2,1-4H3;2*1H/t14-,16-,18-;;/m1../s1. The SMILES string of the molecule is Br.Br.CCOc1cc2c(cc1OC)C(c1cnc(N(C)C)nc1)=N[C@@H]1CC[C@@H](O)C[C@H]21. The highest BCUT2D eigenvalue weighted by Crippen LogP contribution is 2.44. The highest BCUT2D eigenvalue weighted by Gasteiger charge is 2.37. The second-order valence-corrected chi connectivity index (χ2v) is 7.81. The van der Waals surface area contributed by atoms with Crippen LogP contribution < -0.4 is 14.4 Å². The third-order valence-electron chi connectivity index (χ3n) is 5.68. The normalized spacial score (nSPS) is 21.5. The van der Waals surface area contributed by atoms with Crippen LogP contribution in [-0.2, 0) is 0 Å². The Kier molecular flexibility index (Phi) is 8.85. The Morgan fingerprint density at radius 1 is 1.10 bits per heavy atom. The lowest BCUT2D eigenvalue weighted by Crippen LogP contribution is -2.34. The summed E-state index contributed by atoms with van der Waals surface area (Å²) in [6.07, 6.45) is 5.71. The number of rotatable bonds is 5. The largest absolute Gasteiger partial charge is 0.493 e. The first-order valence-corrected chi connectivity index (χ1v) is 10.1. The molecule has 1 saturated carbocycles. The zero-order valence-corrected chi connectivity index (χ0v) is 21.7. The van der Waals surface area contributed by atoms with Gasteiger partial charge in [0.25, 0.3) is 0 Å². The van der Waals surface area contributed by atoms with E-state index in [-0.39, 0.29) is 52.0 Å². The van der Waals surface area contributed by atoms with Gasteiger partial charge in [-0.1, -0.05) is 0 Å². The number of fused-ring (bicyclic) bond motifs is 3. The van der Waals surface area contributed by atoms with Crippen molar-refractivity contribution >= 4 is 45.6 Å². The molecule has 3 atom stereocenters. The zero-order valence-electron chi connectivity index (χ0n) is 18.2. The van der Waals surface area contributed by atoms with E-state index in [0.717, 1.165) is 41.0 Å². The van der Waals surface area contributed by atoms with Crippen molar-refractivity contribution in [2.24, 2.45) is 4.99 Å². The van der Waals surface area contributed by atoms with Gasteiger partial charge in [0.05, 0.1) is 31.6 Å². The number of halogens is 2. The first-order valence-electron chi connectivity index (χ1n) is 10.1. The van der Waals surface area contributed by atoms with E-state index in [1.54, 1.807) is 7.11 Å². The van der Waals surface area contributed by atoms with Gasteiger partial charge in [0.15, 0.2) is 11.5 Å². The fourth-order valence-corrected chi connectivity index (χ4v) is 4.28. The van der Waals surface area contributed by atoms with Gasteiger partial charge in [0, 0.05) is 43.5 Å². The molecule has 0 saturated heterocycles. The predicted octanol–water partition coefficient (Wildman–Crippen LogP) is 3.95. The van der Waals surface area contributed by atoms with E-state index in [9.17, 15) is 5.11 Å². The van der Waals surface area contributed by atoms with E-state index in [4.69, 9.17) is 14.5 Å². The average Bonchev–Trinajstić information content (AvgIpc) is 2.73. The Bertz CT molecular complexity index is 922. The van der Waals surface area contributed by atoms with Crippen LogP contribution in [0.2, 0.25) is 0 Å². The third kappa shape index (κ3) is 5.04. The van der Waals surface area contributed by atoms with Crippen LogP contribution in [0.15, 0.2) is 29.5 Å². The fourth-order valence-electron chi connectivity index (χ4n) is 4.28. The molecule has 31 heavy (non-hydrogen) atoms. The molecule has 2 heterocycles. The molecule has 4 rings (SSSR count). The number of aliphatic hydroxyl groups is 1. The lowest BCUT2D eigenvalue weighted by atomic mass is 9.74. The Morgan fingerprint density at radius 3 is 2.42 bits per heavy atom. The van der Waals surface area contributed by atoms with Gasteiger partial charge < -0.3 is 19.5 Å². The molecule has 0 bridgehead atoms. The number of benzene rings is 1. The van der Waals surface area contributed by atoms with Crippen molar-refractivity contribution in [2.75, 3.05) is 32.7 Å². The van der Waals surface area contributed by atoms with E-state index < -0.39 is 0 Å². The number of hydrogen-bond donors (Lipinski definition) is 1. The third-order valence-corrected chi connectivity index (χ3v) is 5.68. The van der Waals surface area contributed by atoms with Gasteiger partial charge >= 0.3 is 0 Å². The second-order valence-electron chi connectivity index (χ2n) is 7.81. The predicted molar refractivity (Wildman–Crippen MR) is 133 cm³/mol. The monoisotopic (exact) mass is 556 g/mol. The number of hydrogen-bond acceptors (Lipinski definition) is 7. The molecule has 2 aliphatic rings. The van der Waals surface area contributed by atoms with Gasteiger partial charge in [-0.2, -0.15) is 0 Å². The maximum atomic E-state index is 10.3. The molecular formula is C22H30Br2N4O3. The smallest absolute Gasteiger partial charge is 0.224 e. The number of nitrogens with zero attached hydrogens (tertiary/aromatic N) is 4. The highest BCUT2D eigenvalue weighted by molar-refractivity contribution is 8.93. The van der Waals surface area contributed by atoms with Crippen molar-refractivity contribution in [2.45, 2.75) is 44.2 Å². The van der Waals surface area contributed by atoms with Crippen LogP contribution >= 0.6 is 34.0 Å². The van der Waals surface area contributed by atoms with Crippen molar-refractivity contribution < 1.29 is 14.6 Å². The molecule has 1 aliphatic carbocycles. The average molecular weight is 558 g/mol. The summed E-state index contributed by atoms with van der Waals surface area (Å²) in [5, 5.41) is 10.3. The Labute approximate surface area is 204 Å². The molecule has 7 nitrogen and oxygen atoms in total. The topological polar surface area (TPSA) is 80.1 Å². The molecule has 1 aromatic carbocycles. The summed E-state index contributed by atoms with van der Waals surface area (Å²) in [7, 11) is 5.48. The Hall–Kier alpha value is -1.71. The van der Waals surface area contributed by atoms with Gasteiger partial charge in [0.2, 0.25) is 5.95 Å². The van der Waals surface area contributed by atoms with Gasteiger partial charge in [-0.3, -0.25) is 4.99 Å². The van der Waals surface area contributed by atoms with E-state index in [1.807, 2.05) is 44.4 Å². The molecule has 1 fully saturated rings. The summed E-state index contributed by atoms with van der Waals surface area (Å²) >= 11 is 0. The molecule has 0 spiro atoms. The van der Waals surface area contributed by atoms with Gasteiger partial charge in [0.1, 0.15) is 0 Å². The second kappa shape index (κ2) is 10.7. The minimum Gasteiger partial charge on any atom is -0.493 e. The van der Waals surface area contributed by atoms with Crippen LogP contribution in [0.4, 0.5) is 5.95 Å². The van der Waals surface area contributed by atoms with Crippen LogP contribution in [-0.4, -0.2) is 60.7 Å². The molecule has 0 radical (unpaired) electrons. The number of aromatic nitrogens is 2. The summed E-state index contributed by atoms with van der Waals surface area (Å²) in [6, 6.07) is 4.20. The van der Waals surface area contributed by atoms with Crippen LogP contribution in [0, 0.1) is 0 Å². The first-order chi connectivity index (χ1) is 14.0. The molecule has 9 heteroatoms. The Balaban J connectivity index is 0.00000171. The van der Waals surface area contributed by atoms with Gasteiger partial charge in [-0.25, -0.2) is 9.97 Å². The molecule has 170 valence electrons. The fraction of sp³-hybridized carbons (Fsp3) is 0.500. The first kappa shape index (κ1) is 25.5. The van der Waals surface area contributed by atoms with E-state index in [0.29, 0.717) is 24.7 Å². The van der Waals surface area contributed by atoms with E-state index >= 15 is 0 Å². The van der Waals surface area contributed by atoms with Crippen molar-refractivity contribution in [3.63, 3.8) is 0 Å². The van der Waals surface area contributed by atoms with Crippen LogP contribution in [0.5, 0.6) is 11.5 Å². The van der Waals surface area contributed by atoms with Crippen LogP contribution in [0.1, 0.15) is 48.8 Å². The zero-order chi connectivity index (χ0) is 20.5. The van der Waals surface area contributed by atoms with Crippen molar-refractivity contribution in [3.8, 4) is 11.5 Å². The minimum atomic E-state index is -0.291. The number of aliphatic imine (C=N–C) groups is 1. The maximum absolute atomic E-state index is 10.3. The van der Waals surface area contributed by atoms with Crippen molar-refractivity contribution in [1.29, 1.82) is 0 Å². The number of aliphatic hydroxyl groups excluding tert-OH is 1. The summed E-state index contributed by atoms with van der Waals surface area (Å²) in [4.78, 5) is 15.9. The lowest BCUT2D eigenvalue weighted by molar-refractivity contribution is 0.111. The minimum absolute atomic E-state index is 0. The summed E-state index contributed by atoms with van der Waals surface area (Å²) in [6.45, 7) is 2.52. The number of anilines is 1. The Morgan fingerprint density at radius 2 is 1.81 bits per heavy atom. The maximum Gasteiger partial charge on any atom is 0.224 e. The highest BCUT2D eigenvalue weighted by atomic mass is 79.9. The molecular weight excluding hydrogens is 528 g/mol. The number of methoxy groups -OCH3 is 1. The molecule has 2 aromatic rings. The summed E-state index contributed by atoms with van der Waals surface area (Å²) < 4.78 is 11.4.